The maximum atomic E-state index is 13.0. The molecule has 0 saturated carbocycles. The topological polar surface area (TPSA) is 128 Å². The third-order valence-corrected chi connectivity index (χ3v) is 4.89. The van der Waals surface area contributed by atoms with Crippen LogP contribution in [0.3, 0.4) is 0 Å². The van der Waals surface area contributed by atoms with Crippen molar-refractivity contribution in [3.8, 4) is 5.75 Å². The predicted molar refractivity (Wildman–Crippen MR) is 122 cm³/mol. The highest BCUT2D eigenvalue weighted by molar-refractivity contribution is 5.89. The van der Waals surface area contributed by atoms with E-state index in [2.05, 4.69) is 30.8 Å². The Hall–Kier alpha value is -4.28. The van der Waals surface area contributed by atoms with Crippen LogP contribution < -0.4 is 20.9 Å². The maximum Gasteiger partial charge on any atom is 0.293 e. The third kappa shape index (κ3) is 4.97. The van der Waals surface area contributed by atoms with Gasteiger partial charge in [-0.15, -0.1) is 5.10 Å². The molecule has 0 aliphatic carbocycles. The van der Waals surface area contributed by atoms with Crippen LogP contribution in [0, 0.1) is 0 Å². The van der Waals surface area contributed by atoms with Crippen LogP contribution in [0.5, 0.6) is 5.75 Å². The number of aromatic nitrogens is 6. The van der Waals surface area contributed by atoms with Gasteiger partial charge in [0.05, 0.1) is 7.11 Å². The van der Waals surface area contributed by atoms with Crippen molar-refractivity contribution in [2.24, 2.45) is 0 Å². The summed E-state index contributed by atoms with van der Waals surface area (Å²) in [6.07, 6.45) is 2.85. The molecule has 33 heavy (non-hydrogen) atoms. The van der Waals surface area contributed by atoms with Gasteiger partial charge in [0, 0.05) is 24.7 Å². The number of fused-ring (bicyclic) bond motifs is 1. The van der Waals surface area contributed by atoms with Gasteiger partial charge in [0.15, 0.2) is 5.82 Å². The van der Waals surface area contributed by atoms with Crippen LogP contribution in [-0.4, -0.2) is 42.4 Å². The number of methoxy groups -OCH3 is 1. The number of nitrogens with one attached hydrogen (secondary N) is 2. The first-order chi connectivity index (χ1) is 15.9. The second-order valence-electron chi connectivity index (χ2n) is 7.65. The normalized spacial score (nSPS) is 11.0. The smallest absolute Gasteiger partial charge is 0.293 e. The Bertz CT molecular complexity index is 1310. The molecule has 3 aromatic heterocycles. The minimum atomic E-state index is -0.417. The molecule has 3 heterocycles. The lowest BCUT2D eigenvalue weighted by Gasteiger charge is -2.11. The first kappa shape index (κ1) is 21.9. The van der Waals surface area contributed by atoms with Gasteiger partial charge < -0.3 is 15.4 Å². The van der Waals surface area contributed by atoms with Crippen molar-refractivity contribution in [1.29, 1.82) is 0 Å². The summed E-state index contributed by atoms with van der Waals surface area (Å²) < 4.78 is 7.86. The number of hydrogen-bond acceptors (Lipinski definition) is 8. The maximum absolute atomic E-state index is 13.0. The Morgan fingerprint density at radius 1 is 1.12 bits per heavy atom. The minimum absolute atomic E-state index is 0.0291. The van der Waals surface area contributed by atoms with Crippen LogP contribution in [0.1, 0.15) is 31.2 Å². The fraction of sp³-hybridized carbons (Fsp3) is 0.273. The molecule has 0 spiro atoms. The molecule has 2 N–H and O–H groups in total. The number of hydrogen-bond donors (Lipinski definition) is 2. The van der Waals surface area contributed by atoms with Crippen molar-refractivity contribution in [3.63, 3.8) is 0 Å². The van der Waals surface area contributed by atoms with E-state index in [1.165, 1.54) is 17.0 Å². The van der Waals surface area contributed by atoms with Gasteiger partial charge in [0.1, 0.15) is 35.8 Å². The number of carbonyl (C=O) groups is 1. The summed E-state index contributed by atoms with van der Waals surface area (Å²) in [6.45, 7) is 4.17. The molecule has 1 aromatic carbocycles. The van der Waals surface area contributed by atoms with E-state index in [1.54, 1.807) is 19.2 Å². The largest absolute Gasteiger partial charge is 0.497 e. The first-order valence-corrected chi connectivity index (χ1v) is 10.4. The second kappa shape index (κ2) is 9.47. The number of rotatable bonds is 8. The fourth-order valence-corrected chi connectivity index (χ4v) is 3.22. The molecule has 0 radical (unpaired) electrons. The van der Waals surface area contributed by atoms with E-state index in [0.29, 0.717) is 29.5 Å². The third-order valence-electron chi connectivity index (χ3n) is 4.89. The highest BCUT2D eigenvalue weighted by atomic mass is 16.5. The van der Waals surface area contributed by atoms with Crippen LogP contribution >= 0.6 is 0 Å². The highest BCUT2D eigenvalue weighted by Crippen LogP contribution is 2.17. The summed E-state index contributed by atoms with van der Waals surface area (Å²) in [6, 6.07) is 10.9. The summed E-state index contributed by atoms with van der Waals surface area (Å²) in [7, 11) is 1.62. The number of carbonyl (C=O) groups excluding carboxylic acids is 1. The molecular formula is C22H24N8O3. The first-order valence-electron chi connectivity index (χ1n) is 10.4. The quantitative estimate of drug-likeness (QED) is 0.419. The van der Waals surface area contributed by atoms with Crippen LogP contribution in [0.2, 0.25) is 0 Å². The zero-order valence-electron chi connectivity index (χ0n) is 18.5. The molecule has 4 rings (SSSR count). The molecule has 0 unspecified atom stereocenters. The average molecular weight is 448 g/mol. The molecular weight excluding hydrogens is 424 g/mol. The molecule has 0 bridgehead atoms. The van der Waals surface area contributed by atoms with Crippen molar-refractivity contribution >= 4 is 23.1 Å². The van der Waals surface area contributed by atoms with Crippen molar-refractivity contribution in [1.82, 2.24) is 29.4 Å². The summed E-state index contributed by atoms with van der Waals surface area (Å²) >= 11 is 0. The zero-order chi connectivity index (χ0) is 23.4. The lowest BCUT2D eigenvalue weighted by molar-refractivity contribution is -0.117. The van der Waals surface area contributed by atoms with Gasteiger partial charge in [-0.05, 0) is 23.8 Å². The molecule has 11 heteroatoms. The summed E-state index contributed by atoms with van der Waals surface area (Å²) in [5.74, 6) is 1.79. The van der Waals surface area contributed by atoms with Crippen LogP contribution in [0.15, 0.2) is 53.7 Å². The van der Waals surface area contributed by atoms with Crippen LogP contribution in [0.4, 0.5) is 11.6 Å². The Balaban J connectivity index is 1.58. The van der Waals surface area contributed by atoms with Gasteiger partial charge >= 0.3 is 0 Å². The lowest BCUT2D eigenvalue weighted by Crippen LogP contribution is -2.32. The Labute approximate surface area is 189 Å². The zero-order valence-corrected chi connectivity index (χ0v) is 18.5. The van der Waals surface area contributed by atoms with Crippen molar-refractivity contribution in [3.05, 3.63) is 70.7 Å². The van der Waals surface area contributed by atoms with E-state index >= 15 is 0 Å². The van der Waals surface area contributed by atoms with Gasteiger partial charge in [0.2, 0.25) is 5.91 Å². The van der Waals surface area contributed by atoms with Gasteiger partial charge in [-0.2, -0.15) is 5.10 Å². The highest BCUT2D eigenvalue weighted by Gasteiger charge is 2.18. The van der Waals surface area contributed by atoms with Gasteiger partial charge in [-0.1, -0.05) is 26.0 Å². The predicted octanol–water partition coefficient (Wildman–Crippen LogP) is 2.06. The Morgan fingerprint density at radius 3 is 2.58 bits per heavy atom. The summed E-state index contributed by atoms with van der Waals surface area (Å²) in [4.78, 5) is 33.3. The van der Waals surface area contributed by atoms with Crippen molar-refractivity contribution in [2.45, 2.75) is 32.9 Å². The summed E-state index contributed by atoms with van der Waals surface area (Å²) in [5, 5.41) is 14.8. The number of anilines is 2. The summed E-state index contributed by atoms with van der Waals surface area (Å²) in [5.41, 5.74) is 0.955. The monoisotopic (exact) mass is 448 g/mol. The van der Waals surface area contributed by atoms with E-state index in [4.69, 9.17) is 4.74 Å². The average Bonchev–Trinajstić information content (AvgIpc) is 3.25. The molecule has 11 nitrogen and oxygen atoms in total. The van der Waals surface area contributed by atoms with Crippen molar-refractivity contribution < 1.29 is 9.53 Å². The Morgan fingerprint density at radius 2 is 1.91 bits per heavy atom. The molecule has 0 atom stereocenters. The molecule has 170 valence electrons. The number of ether oxygens (including phenoxy) is 1. The van der Waals surface area contributed by atoms with Crippen LogP contribution in [-0.2, 0) is 17.9 Å². The van der Waals surface area contributed by atoms with Crippen molar-refractivity contribution in [2.75, 3.05) is 17.7 Å². The molecule has 0 aliphatic rings. The van der Waals surface area contributed by atoms with E-state index in [1.807, 2.05) is 38.1 Å². The molecule has 0 fully saturated rings. The standard InChI is InChI=1S/C22H24N8O3/c1-14(2)21-28-29(12-20(31)26-18-8-9-23-13-25-18)22(32)17-10-19(27-30(17)21)24-11-15-4-6-16(33-3)7-5-15/h4-10,13-14H,11-12H2,1-3H3,(H,24,27)(H,23,25,26,31). The number of nitrogens with zero attached hydrogens (tertiary/aromatic N) is 6. The molecule has 0 aliphatic heterocycles. The minimum Gasteiger partial charge on any atom is -0.497 e. The van der Waals surface area contributed by atoms with E-state index in [-0.39, 0.29) is 12.5 Å². The van der Waals surface area contributed by atoms with E-state index < -0.39 is 11.5 Å². The fourth-order valence-electron chi connectivity index (χ4n) is 3.22. The van der Waals surface area contributed by atoms with Gasteiger partial charge in [0.25, 0.3) is 5.56 Å². The SMILES string of the molecule is COc1ccc(CNc2cc3c(=O)n(CC(=O)Nc4ccncn4)nc(C(C)C)n3n2)cc1. The van der Waals surface area contributed by atoms with E-state index in [0.717, 1.165) is 16.0 Å². The van der Waals surface area contributed by atoms with Gasteiger partial charge in [-0.3, -0.25) is 9.59 Å². The molecule has 0 saturated heterocycles. The number of amides is 1. The molecule has 1 amide bonds. The van der Waals surface area contributed by atoms with Gasteiger partial charge in [-0.25, -0.2) is 19.2 Å². The number of benzene rings is 1. The molecule has 4 aromatic rings. The Kier molecular flexibility index (Phi) is 6.29. The van der Waals surface area contributed by atoms with E-state index in [9.17, 15) is 9.59 Å². The second-order valence-corrected chi connectivity index (χ2v) is 7.65. The van der Waals surface area contributed by atoms with Crippen LogP contribution in [0.25, 0.3) is 5.52 Å². The lowest BCUT2D eigenvalue weighted by atomic mass is 10.2.